The Bertz CT molecular complexity index is 3200. The average Bonchev–Trinajstić information content (AvgIpc) is 3.68. The van der Waals surface area contributed by atoms with Crippen molar-refractivity contribution in [2.24, 2.45) is 9.98 Å². The van der Waals surface area contributed by atoms with Crippen LogP contribution in [-0.2, 0) is 0 Å². The van der Waals surface area contributed by atoms with Crippen LogP contribution in [0.4, 0.5) is 0 Å². The van der Waals surface area contributed by atoms with Gasteiger partial charge in [-0.1, -0.05) is 164 Å². The lowest BCUT2D eigenvalue weighted by Crippen LogP contribution is -2.36. The fourth-order valence-corrected chi connectivity index (χ4v) is 9.26. The lowest BCUT2D eigenvalue weighted by atomic mass is 9.94. The maximum Gasteiger partial charge on any atom is 0.169 e. The summed E-state index contributed by atoms with van der Waals surface area (Å²) in [5.41, 5.74) is 10.6. The van der Waals surface area contributed by atoms with Crippen LogP contribution in [0, 0.1) is 0 Å². The molecule has 1 atom stereocenters. The number of nitrogens with one attached hydrogen (secondary N) is 1. The number of aromatic nitrogens is 1. The van der Waals surface area contributed by atoms with Crippen molar-refractivity contribution in [2.45, 2.75) is 6.17 Å². The van der Waals surface area contributed by atoms with Crippen molar-refractivity contribution in [3.05, 3.63) is 211 Å². The maximum absolute atomic E-state index is 5.41. The molecule has 10 aromatic rings. The zero-order chi connectivity index (χ0) is 37.7. The zero-order valence-corrected chi connectivity index (χ0v) is 31.6. The Morgan fingerprint density at radius 1 is 0.386 bits per heavy atom. The summed E-state index contributed by atoms with van der Waals surface area (Å²) in [6.45, 7) is 0. The molecule has 1 unspecified atom stereocenters. The normalized spacial score (nSPS) is 14.1. The first-order chi connectivity index (χ1) is 28.2. The molecule has 0 saturated carbocycles. The molecule has 57 heavy (non-hydrogen) atoms. The van der Waals surface area contributed by atoms with Gasteiger partial charge in [0.05, 0.1) is 11.2 Å². The van der Waals surface area contributed by atoms with Crippen LogP contribution < -0.4 is 5.32 Å². The highest BCUT2D eigenvalue weighted by Crippen LogP contribution is 2.44. The largest absolute Gasteiger partial charge is 0.324 e. The Morgan fingerprint density at radius 2 is 0.982 bits per heavy atom. The van der Waals surface area contributed by atoms with Gasteiger partial charge in [0.25, 0.3) is 0 Å². The van der Waals surface area contributed by atoms with Crippen molar-refractivity contribution in [1.29, 1.82) is 0 Å². The molecule has 1 aliphatic heterocycles. The second-order valence-electron chi connectivity index (χ2n) is 14.4. The van der Waals surface area contributed by atoms with Gasteiger partial charge < -0.3 is 5.32 Å². The Labute approximate surface area is 334 Å². The topological polar surface area (TPSA) is 49.6 Å². The van der Waals surface area contributed by atoms with Crippen LogP contribution >= 0.6 is 11.3 Å². The molecule has 1 aliphatic rings. The number of nitrogens with zero attached hydrogens (tertiary/aromatic N) is 3. The third kappa shape index (κ3) is 5.97. The minimum absolute atomic E-state index is 0.441. The van der Waals surface area contributed by atoms with Crippen molar-refractivity contribution in [2.75, 3.05) is 0 Å². The number of amidine groups is 2. The summed E-state index contributed by atoms with van der Waals surface area (Å²) in [6, 6.07) is 68.5. The molecule has 0 amide bonds. The minimum Gasteiger partial charge on any atom is -0.324 e. The summed E-state index contributed by atoms with van der Waals surface area (Å²) in [5, 5.41) is 9.74. The molecule has 0 bridgehead atoms. The molecule has 268 valence electrons. The molecule has 0 fully saturated rings. The van der Waals surface area contributed by atoms with Crippen LogP contribution in [0.1, 0.15) is 22.9 Å². The summed E-state index contributed by atoms with van der Waals surface area (Å²) in [5.74, 6) is 1.59. The summed E-state index contributed by atoms with van der Waals surface area (Å²) in [4.78, 5) is 15.9. The zero-order valence-electron chi connectivity index (χ0n) is 30.8. The van der Waals surface area contributed by atoms with Gasteiger partial charge in [0, 0.05) is 53.0 Å². The van der Waals surface area contributed by atoms with E-state index < -0.39 is 6.17 Å². The van der Waals surface area contributed by atoms with E-state index in [1.54, 1.807) is 0 Å². The molecule has 0 aliphatic carbocycles. The number of thiophene rings is 1. The van der Waals surface area contributed by atoms with E-state index in [1.807, 2.05) is 35.6 Å². The highest BCUT2D eigenvalue weighted by molar-refractivity contribution is 7.26. The molecule has 8 aromatic carbocycles. The Hall–Kier alpha value is -7.21. The van der Waals surface area contributed by atoms with Gasteiger partial charge in [-0.05, 0) is 58.1 Å². The maximum atomic E-state index is 5.41. The van der Waals surface area contributed by atoms with Crippen LogP contribution in [0.5, 0.6) is 0 Å². The van der Waals surface area contributed by atoms with Crippen LogP contribution in [0.15, 0.2) is 204 Å². The first kappa shape index (κ1) is 33.2. The molecule has 1 N–H and O–H groups in total. The predicted molar refractivity (Wildman–Crippen MR) is 240 cm³/mol. The Kier molecular flexibility index (Phi) is 8.04. The first-order valence-corrected chi connectivity index (χ1v) is 20.0. The van der Waals surface area contributed by atoms with Gasteiger partial charge in [0.1, 0.15) is 11.7 Å². The number of hydrogen-bond donors (Lipinski definition) is 1. The number of rotatable bonds is 6. The van der Waals surface area contributed by atoms with Gasteiger partial charge in [-0.2, -0.15) is 0 Å². The fourth-order valence-electron chi connectivity index (χ4n) is 8.15. The number of pyridine rings is 1. The van der Waals surface area contributed by atoms with Gasteiger partial charge in [-0.3, -0.25) is 0 Å². The van der Waals surface area contributed by atoms with E-state index in [0.29, 0.717) is 0 Å². The van der Waals surface area contributed by atoms with E-state index in [2.05, 4.69) is 175 Å². The van der Waals surface area contributed by atoms with Gasteiger partial charge in [-0.25, -0.2) is 15.0 Å². The molecule has 0 saturated heterocycles. The lowest BCUT2D eigenvalue weighted by Gasteiger charge is -2.23. The summed E-state index contributed by atoms with van der Waals surface area (Å²) in [7, 11) is 0. The Morgan fingerprint density at radius 3 is 1.77 bits per heavy atom. The summed E-state index contributed by atoms with van der Waals surface area (Å²) < 4.78 is 2.58. The van der Waals surface area contributed by atoms with Crippen molar-refractivity contribution < 1.29 is 0 Å². The molecule has 0 spiro atoms. The van der Waals surface area contributed by atoms with E-state index in [-0.39, 0.29) is 0 Å². The standard InChI is InChI=1S/C52H34N4S/c1-4-14-33(15-5-1)36-20-12-22-39(30-36)51-54-50(35-18-8-3-9-19-35)55-52(56-51)40-23-13-21-37(31-40)38-26-27-41-44(32-38)53-49(34-16-6-2-7-17-34)43-28-29-46-48(47(41)43)42-24-10-11-25-45(42)57-46/h1-32,52H,(H,54,55,56). The number of benzene rings is 8. The van der Waals surface area contributed by atoms with Crippen molar-refractivity contribution >= 4 is 64.9 Å². The van der Waals surface area contributed by atoms with Crippen molar-refractivity contribution in [3.63, 3.8) is 0 Å². The molecule has 5 heteroatoms. The summed E-state index contributed by atoms with van der Waals surface area (Å²) >= 11 is 1.85. The quantitative estimate of drug-likeness (QED) is 0.172. The van der Waals surface area contributed by atoms with Crippen molar-refractivity contribution in [1.82, 2.24) is 10.3 Å². The Balaban J connectivity index is 1.05. The average molecular weight is 747 g/mol. The molecule has 0 radical (unpaired) electrons. The highest BCUT2D eigenvalue weighted by Gasteiger charge is 2.22. The van der Waals surface area contributed by atoms with E-state index in [4.69, 9.17) is 15.0 Å². The third-order valence-electron chi connectivity index (χ3n) is 10.9. The van der Waals surface area contributed by atoms with E-state index in [1.165, 1.54) is 36.5 Å². The van der Waals surface area contributed by atoms with Crippen LogP contribution in [0.2, 0.25) is 0 Å². The van der Waals surface area contributed by atoms with Crippen LogP contribution in [0.25, 0.3) is 75.4 Å². The minimum atomic E-state index is -0.441. The predicted octanol–water partition coefficient (Wildman–Crippen LogP) is 13.3. The fraction of sp³-hybridized carbons (Fsp3) is 0.0192. The molecule has 2 aromatic heterocycles. The van der Waals surface area contributed by atoms with Crippen LogP contribution in [-0.4, -0.2) is 16.7 Å². The SMILES string of the molecule is c1ccc(C2=NC(c3cccc(-c4ccc5c(c4)nc(-c4ccccc4)c4ccc6sc7ccccc7c6c45)c3)N=C(c3cccc(-c4ccccc4)c3)N2)cc1. The van der Waals surface area contributed by atoms with E-state index >= 15 is 0 Å². The second kappa shape index (κ2) is 13.8. The van der Waals surface area contributed by atoms with Gasteiger partial charge in [0.2, 0.25) is 0 Å². The van der Waals surface area contributed by atoms with Crippen LogP contribution in [0.3, 0.4) is 0 Å². The highest BCUT2D eigenvalue weighted by atomic mass is 32.1. The third-order valence-corrected chi connectivity index (χ3v) is 12.0. The van der Waals surface area contributed by atoms with Gasteiger partial charge >= 0.3 is 0 Å². The first-order valence-electron chi connectivity index (χ1n) is 19.2. The monoisotopic (exact) mass is 746 g/mol. The number of fused-ring (bicyclic) bond motifs is 7. The number of aliphatic imine (C=N–C) groups is 2. The molecule has 3 heterocycles. The van der Waals surface area contributed by atoms with Gasteiger partial charge in [-0.15, -0.1) is 11.3 Å². The molecular formula is C52H34N4S. The second-order valence-corrected chi connectivity index (χ2v) is 15.5. The number of hydrogen-bond acceptors (Lipinski definition) is 5. The van der Waals surface area contributed by atoms with E-state index in [9.17, 15) is 0 Å². The molecular weight excluding hydrogens is 713 g/mol. The molecule has 11 rings (SSSR count). The van der Waals surface area contributed by atoms with E-state index in [0.717, 1.165) is 67.2 Å². The van der Waals surface area contributed by atoms with Gasteiger partial charge in [0.15, 0.2) is 6.17 Å². The lowest BCUT2D eigenvalue weighted by molar-refractivity contribution is 0.756. The summed E-state index contributed by atoms with van der Waals surface area (Å²) in [6.07, 6.45) is -0.441. The van der Waals surface area contributed by atoms with Crippen molar-refractivity contribution in [3.8, 4) is 33.5 Å². The molecule has 4 nitrogen and oxygen atoms in total. The smallest absolute Gasteiger partial charge is 0.169 e.